The Kier molecular flexibility index (Phi) is 4.29. The normalized spacial score (nSPS) is 20.0. The molecule has 1 saturated heterocycles. The van der Waals surface area contributed by atoms with E-state index >= 15 is 0 Å². The molecular weight excluding hydrogens is 134 g/mol. The van der Waals surface area contributed by atoms with E-state index < -0.39 is 0 Å². The van der Waals surface area contributed by atoms with Crippen LogP contribution in [0.4, 0.5) is 0 Å². The fraction of sp³-hybridized carbons (Fsp3) is 0.800. The van der Waals surface area contributed by atoms with Gasteiger partial charge in [-0.2, -0.15) is 0 Å². The third-order valence-electron chi connectivity index (χ3n) is 2.33. The van der Waals surface area contributed by atoms with E-state index in [0.29, 0.717) is 0 Å². The van der Waals surface area contributed by atoms with Crippen molar-refractivity contribution in [3.8, 4) is 0 Å². The summed E-state index contributed by atoms with van der Waals surface area (Å²) in [4.78, 5) is 2.58. The van der Waals surface area contributed by atoms with Crippen molar-refractivity contribution in [1.82, 2.24) is 4.90 Å². The molecule has 11 heavy (non-hydrogen) atoms. The van der Waals surface area contributed by atoms with Crippen LogP contribution in [-0.4, -0.2) is 24.5 Å². The first-order valence-electron chi connectivity index (χ1n) is 4.77. The van der Waals surface area contributed by atoms with E-state index in [1.165, 1.54) is 51.7 Å². The van der Waals surface area contributed by atoms with Crippen LogP contribution >= 0.6 is 0 Å². The summed E-state index contributed by atoms with van der Waals surface area (Å²) in [5.74, 6) is 0. The lowest BCUT2D eigenvalue weighted by Crippen LogP contribution is -2.30. The van der Waals surface area contributed by atoms with E-state index in [4.69, 9.17) is 0 Å². The molecule has 1 rings (SSSR count). The maximum atomic E-state index is 3.72. The molecule has 1 aliphatic heterocycles. The first-order chi connectivity index (χ1) is 5.43. The molecule has 1 heterocycles. The molecule has 0 saturated carbocycles. The van der Waals surface area contributed by atoms with Gasteiger partial charge in [0.15, 0.2) is 0 Å². The summed E-state index contributed by atoms with van der Waals surface area (Å²) in [6, 6.07) is 0. The Bertz CT molecular complexity index is 103. The topological polar surface area (TPSA) is 3.24 Å². The SMILES string of the molecule is C=CCCCN1CCCCC1. The lowest BCUT2D eigenvalue weighted by atomic mass is 10.1. The summed E-state index contributed by atoms with van der Waals surface area (Å²) in [6.45, 7) is 7.67. The van der Waals surface area contributed by atoms with Crippen molar-refractivity contribution in [2.45, 2.75) is 32.1 Å². The highest BCUT2D eigenvalue weighted by Crippen LogP contribution is 2.09. The number of hydrogen-bond donors (Lipinski definition) is 0. The van der Waals surface area contributed by atoms with Crippen molar-refractivity contribution in [1.29, 1.82) is 0 Å². The van der Waals surface area contributed by atoms with Crippen LogP contribution in [0, 0.1) is 0 Å². The molecule has 0 bridgehead atoms. The molecule has 1 aliphatic rings. The average Bonchev–Trinajstić information content (AvgIpc) is 2.07. The van der Waals surface area contributed by atoms with Crippen molar-refractivity contribution in [3.63, 3.8) is 0 Å². The summed E-state index contributed by atoms with van der Waals surface area (Å²) in [7, 11) is 0. The van der Waals surface area contributed by atoms with E-state index in [-0.39, 0.29) is 0 Å². The molecular formula is C10H19N. The van der Waals surface area contributed by atoms with Crippen LogP contribution in [0.25, 0.3) is 0 Å². The first kappa shape index (κ1) is 8.79. The van der Waals surface area contributed by atoms with Crippen LogP contribution < -0.4 is 0 Å². The third-order valence-corrected chi connectivity index (χ3v) is 2.33. The Hall–Kier alpha value is -0.300. The van der Waals surface area contributed by atoms with Crippen molar-refractivity contribution in [3.05, 3.63) is 12.7 Å². The highest BCUT2D eigenvalue weighted by Gasteiger charge is 2.07. The molecule has 1 nitrogen and oxygen atoms in total. The molecule has 0 radical (unpaired) electrons. The number of hydrogen-bond acceptors (Lipinski definition) is 1. The molecule has 1 fully saturated rings. The van der Waals surface area contributed by atoms with Gasteiger partial charge in [0.25, 0.3) is 0 Å². The predicted octanol–water partition coefficient (Wildman–Crippen LogP) is 2.44. The van der Waals surface area contributed by atoms with Gasteiger partial charge in [0.2, 0.25) is 0 Å². The molecule has 0 aromatic rings. The zero-order chi connectivity index (χ0) is 7.94. The minimum Gasteiger partial charge on any atom is -0.303 e. The van der Waals surface area contributed by atoms with Gasteiger partial charge in [0.05, 0.1) is 0 Å². The molecule has 1 heteroatoms. The number of likely N-dealkylation sites (tertiary alicyclic amines) is 1. The standard InChI is InChI=1S/C10H19N/c1-2-3-5-8-11-9-6-4-7-10-11/h2H,1,3-10H2. The molecule has 0 unspecified atom stereocenters. The van der Waals surface area contributed by atoms with Crippen molar-refractivity contribution in [2.75, 3.05) is 19.6 Å². The van der Waals surface area contributed by atoms with Crippen molar-refractivity contribution in [2.24, 2.45) is 0 Å². The van der Waals surface area contributed by atoms with E-state index in [1.807, 2.05) is 6.08 Å². The fourth-order valence-electron chi connectivity index (χ4n) is 1.64. The van der Waals surface area contributed by atoms with E-state index in [9.17, 15) is 0 Å². The second-order valence-electron chi connectivity index (χ2n) is 3.33. The number of unbranched alkanes of at least 4 members (excludes halogenated alkanes) is 1. The van der Waals surface area contributed by atoms with Gasteiger partial charge in [-0.05, 0) is 45.3 Å². The smallest absolute Gasteiger partial charge is 0.00158 e. The maximum Gasteiger partial charge on any atom is -0.00158 e. The molecule has 0 N–H and O–H groups in total. The van der Waals surface area contributed by atoms with Gasteiger partial charge >= 0.3 is 0 Å². The molecule has 0 spiro atoms. The van der Waals surface area contributed by atoms with Gasteiger partial charge in [0.1, 0.15) is 0 Å². The van der Waals surface area contributed by atoms with Crippen LogP contribution in [0.5, 0.6) is 0 Å². The zero-order valence-electron chi connectivity index (χ0n) is 7.39. The predicted molar refractivity (Wildman–Crippen MR) is 49.7 cm³/mol. The Labute approximate surface area is 70.1 Å². The van der Waals surface area contributed by atoms with Crippen LogP contribution in [0.3, 0.4) is 0 Å². The van der Waals surface area contributed by atoms with Crippen LogP contribution in [0.1, 0.15) is 32.1 Å². The number of rotatable bonds is 4. The second kappa shape index (κ2) is 5.36. The molecule has 0 aromatic heterocycles. The molecule has 0 amide bonds. The lowest BCUT2D eigenvalue weighted by molar-refractivity contribution is 0.227. The monoisotopic (exact) mass is 153 g/mol. The summed E-state index contributed by atoms with van der Waals surface area (Å²) in [6.07, 6.45) is 8.75. The molecule has 0 aromatic carbocycles. The largest absolute Gasteiger partial charge is 0.303 e. The summed E-state index contributed by atoms with van der Waals surface area (Å²) < 4.78 is 0. The zero-order valence-corrected chi connectivity index (χ0v) is 7.39. The van der Waals surface area contributed by atoms with Gasteiger partial charge in [-0.1, -0.05) is 12.5 Å². The highest BCUT2D eigenvalue weighted by molar-refractivity contribution is 4.69. The minimum atomic E-state index is 1.18. The maximum absolute atomic E-state index is 3.72. The third kappa shape index (κ3) is 3.57. The van der Waals surface area contributed by atoms with Gasteiger partial charge in [-0.3, -0.25) is 0 Å². The van der Waals surface area contributed by atoms with E-state index in [1.54, 1.807) is 0 Å². The van der Waals surface area contributed by atoms with Gasteiger partial charge in [-0.15, -0.1) is 6.58 Å². The lowest BCUT2D eigenvalue weighted by Gasteiger charge is -2.25. The molecule has 0 aliphatic carbocycles. The highest BCUT2D eigenvalue weighted by atomic mass is 15.1. The molecule has 0 atom stereocenters. The van der Waals surface area contributed by atoms with Gasteiger partial charge in [0, 0.05) is 0 Å². The Morgan fingerprint density at radius 3 is 2.55 bits per heavy atom. The van der Waals surface area contributed by atoms with Crippen molar-refractivity contribution < 1.29 is 0 Å². The van der Waals surface area contributed by atoms with Crippen LogP contribution in [0.15, 0.2) is 12.7 Å². The van der Waals surface area contributed by atoms with Gasteiger partial charge < -0.3 is 4.90 Å². The quantitative estimate of drug-likeness (QED) is 0.443. The number of piperidine rings is 1. The summed E-state index contributed by atoms with van der Waals surface area (Å²) in [5, 5.41) is 0. The van der Waals surface area contributed by atoms with E-state index in [2.05, 4.69) is 11.5 Å². The Morgan fingerprint density at radius 1 is 1.18 bits per heavy atom. The minimum absolute atomic E-state index is 1.18. The fourth-order valence-corrected chi connectivity index (χ4v) is 1.64. The Morgan fingerprint density at radius 2 is 1.91 bits per heavy atom. The number of allylic oxidation sites excluding steroid dienone is 1. The number of nitrogens with zero attached hydrogens (tertiary/aromatic N) is 1. The molecule has 64 valence electrons. The first-order valence-corrected chi connectivity index (χ1v) is 4.77. The van der Waals surface area contributed by atoms with E-state index in [0.717, 1.165) is 0 Å². The Balaban J connectivity index is 2.00. The average molecular weight is 153 g/mol. The van der Waals surface area contributed by atoms with Crippen LogP contribution in [-0.2, 0) is 0 Å². The summed E-state index contributed by atoms with van der Waals surface area (Å²) in [5.41, 5.74) is 0. The second-order valence-corrected chi connectivity index (χ2v) is 3.33. The summed E-state index contributed by atoms with van der Waals surface area (Å²) >= 11 is 0. The van der Waals surface area contributed by atoms with Crippen LogP contribution in [0.2, 0.25) is 0 Å². The van der Waals surface area contributed by atoms with Crippen molar-refractivity contribution >= 4 is 0 Å². The van der Waals surface area contributed by atoms with Gasteiger partial charge in [-0.25, -0.2) is 0 Å².